The zero-order chi connectivity index (χ0) is 14.8. The maximum absolute atomic E-state index is 12.4. The van der Waals surface area contributed by atoms with E-state index < -0.39 is 12.0 Å². The van der Waals surface area contributed by atoms with E-state index in [1.165, 1.54) is 19.2 Å². The Morgan fingerprint density at radius 3 is 2.71 bits per heavy atom. The van der Waals surface area contributed by atoms with Crippen LogP contribution >= 0.6 is 0 Å². The van der Waals surface area contributed by atoms with E-state index in [9.17, 15) is 14.7 Å². The van der Waals surface area contributed by atoms with Crippen molar-refractivity contribution in [2.24, 2.45) is 5.92 Å². The van der Waals surface area contributed by atoms with Crippen molar-refractivity contribution in [1.82, 2.24) is 20.2 Å². The Labute approximate surface area is 122 Å². The molecule has 7 heteroatoms. The van der Waals surface area contributed by atoms with Crippen LogP contribution in [-0.4, -0.2) is 50.6 Å². The number of carbonyl (C=O) groups excluding carboxylic acids is 1. The summed E-state index contributed by atoms with van der Waals surface area (Å²) in [5.74, 6) is -0.424. The van der Waals surface area contributed by atoms with Gasteiger partial charge in [0.05, 0.1) is 6.33 Å². The third-order valence-electron chi connectivity index (χ3n) is 3.98. The second kappa shape index (κ2) is 5.75. The molecule has 114 valence electrons. The molecule has 1 aromatic heterocycles. The number of hydrogen-bond acceptors (Lipinski definition) is 3. The fourth-order valence-corrected chi connectivity index (χ4v) is 2.41. The van der Waals surface area contributed by atoms with Crippen LogP contribution in [0.5, 0.6) is 0 Å². The largest absolute Gasteiger partial charge is 0.480 e. The first-order chi connectivity index (χ1) is 10.1. The molecular formula is C14H20N4O3. The maximum atomic E-state index is 12.4. The molecule has 3 rings (SSSR count). The van der Waals surface area contributed by atoms with Crippen LogP contribution in [0.25, 0.3) is 0 Å². The van der Waals surface area contributed by atoms with Gasteiger partial charge < -0.3 is 20.3 Å². The van der Waals surface area contributed by atoms with Crippen LogP contribution in [0, 0.1) is 5.92 Å². The minimum atomic E-state index is -1.03. The Bertz CT molecular complexity index is 508. The van der Waals surface area contributed by atoms with Gasteiger partial charge in [-0.3, -0.25) is 0 Å². The van der Waals surface area contributed by atoms with Crippen molar-refractivity contribution in [3.8, 4) is 0 Å². The summed E-state index contributed by atoms with van der Waals surface area (Å²) in [5, 5.41) is 11.9. The van der Waals surface area contributed by atoms with Crippen molar-refractivity contribution < 1.29 is 14.7 Å². The Morgan fingerprint density at radius 1 is 1.43 bits per heavy atom. The SMILES string of the molecule is O=C(O)[C@@H](Cc1cnc[nH]1)NC(=O)N(CC1CC1)C1CC1. The number of carboxylic acid groups (broad SMARTS) is 1. The summed E-state index contributed by atoms with van der Waals surface area (Å²) in [7, 11) is 0. The Balaban J connectivity index is 1.60. The summed E-state index contributed by atoms with van der Waals surface area (Å²) in [6.07, 6.45) is 7.69. The molecular weight excluding hydrogens is 272 g/mol. The molecule has 2 aliphatic rings. The highest BCUT2D eigenvalue weighted by molar-refractivity contribution is 5.83. The summed E-state index contributed by atoms with van der Waals surface area (Å²) in [4.78, 5) is 32.2. The van der Waals surface area contributed by atoms with Crippen LogP contribution in [0.3, 0.4) is 0 Å². The normalized spacial score (nSPS) is 19.0. The Kier molecular flexibility index (Phi) is 3.81. The van der Waals surface area contributed by atoms with Gasteiger partial charge in [0.25, 0.3) is 0 Å². The average molecular weight is 292 g/mol. The number of H-pyrrole nitrogens is 1. The summed E-state index contributed by atoms with van der Waals surface area (Å²) >= 11 is 0. The Morgan fingerprint density at radius 2 is 2.19 bits per heavy atom. The van der Waals surface area contributed by atoms with E-state index in [1.807, 2.05) is 4.90 Å². The van der Waals surface area contributed by atoms with E-state index in [0.29, 0.717) is 17.7 Å². The predicted molar refractivity (Wildman–Crippen MR) is 74.7 cm³/mol. The van der Waals surface area contributed by atoms with Gasteiger partial charge in [0.15, 0.2) is 0 Å². The highest BCUT2D eigenvalue weighted by Crippen LogP contribution is 2.34. The molecule has 3 N–H and O–H groups in total. The summed E-state index contributed by atoms with van der Waals surface area (Å²) in [5.41, 5.74) is 0.697. The van der Waals surface area contributed by atoms with Crippen LogP contribution in [0.2, 0.25) is 0 Å². The number of carboxylic acids is 1. The fraction of sp³-hybridized carbons (Fsp3) is 0.643. The molecule has 0 unspecified atom stereocenters. The van der Waals surface area contributed by atoms with Gasteiger partial charge in [0.1, 0.15) is 6.04 Å². The van der Waals surface area contributed by atoms with Crippen LogP contribution in [0.1, 0.15) is 31.4 Å². The van der Waals surface area contributed by atoms with Crippen molar-refractivity contribution in [3.05, 3.63) is 18.2 Å². The topological polar surface area (TPSA) is 98.3 Å². The molecule has 0 spiro atoms. The molecule has 0 aliphatic heterocycles. The van der Waals surface area contributed by atoms with Gasteiger partial charge in [0, 0.05) is 30.9 Å². The minimum absolute atomic E-state index is 0.211. The van der Waals surface area contributed by atoms with Gasteiger partial charge in [-0.1, -0.05) is 0 Å². The number of aromatic nitrogens is 2. The second-order valence-corrected chi connectivity index (χ2v) is 5.95. The number of aliphatic carboxylic acids is 1. The van der Waals surface area contributed by atoms with E-state index in [4.69, 9.17) is 0 Å². The number of aromatic amines is 1. The van der Waals surface area contributed by atoms with Gasteiger partial charge >= 0.3 is 12.0 Å². The first kappa shape index (κ1) is 13.9. The third kappa shape index (κ3) is 3.74. The second-order valence-electron chi connectivity index (χ2n) is 5.95. The monoisotopic (exact) mass is 292 g/mol. The molecule has 2 saturated carbocycles. The lowest BCUT2D eigenvalue weighted by molar-refractivity contribution is -0.139. The zero-order valence-corrected chi connectivity index (χ0v) is 11.8. The van der Waals surface area contributed by atoms with Gasteiger partial charge in [-0.15, -0.1) is 0 Å². The molecule has 2 fully saturated rings. The van der Waals surface area contributed by atoms with Gasteiger partial charge in [-0.2, -0.15) is 0 Å². The van der Waals surface area contributed by atoms with Gasteiger partial charge in [-0.05, 0) is 31.6 Å². The number of amides is 2. The lowest BCUT2D eigenvalue weighted by atomic mass is 10.1. The van der Waals surface area contributed by atoms with E-state index in [1.54, 1.807) is 6.20 Å². The molecule has 0 radical (unpaired) electrons. The maximum Gasteiger partial charge on any atom is 0.326 e. The zero-order valence-electron chi connectivity index (χ0n) is 11.8. The molecule has 21 heavy (non-hydrogen) atoms. The van der Waals surface area contributed by atoms with E-state index >= 15 is 0 Å². The van der Waals surface area contributed by atoms with Crippen molar-refractivity contribution in [3.63, 3.8) is 0 Å². The van der Waals surface area contributed by atoms with Gasteiger partial charge in [-0.25, -0.2) is 14.6 Å². The van der Waals surface area contributed by atoms with E-state index in [0.717, 1.165) is 19.4 Å². The number of nitrogens with zero attached hydrogens (tertiary/aromatic N) is 2. The molecule has 1 atom stereocenters. The first-order valence-electron chi connectivity index (χ1n) is 7.40. The highest BCUT2D eigenvalue weighted by atomic mass is 16.4. The first-order valence-corrected chi connectivity index (χ1v) is 7.40. The van der Waals surface area contributed by atoms with Crippen molar-refractivity contribution >= 4 is 12.0 Å². The summed E-state index contributed by atoms with van der Waals surface area (Å²) in [6, 6.07) is -0.887. The summed E-state index contributed by atoms with van der Waals surface area (Å²) in [6.45, 7) is 0.757. The molecule has 0 bridgehead atoms. The summed E-state index contributed by atoms with van der Waals surface area (Å²) < 4.78 is 0. The molecule has 1 heterocycles. The Hall–Kier alpha value is -2.05. The number of carbonyl (C=O) groups is 2. The molecule has 0 saturated heterocycles. The minimum Gasteiger partial charge on any atom is -0.480 e. The molecule has 7 nitrogen and oxygen atoms in total. The van der Waals surface area contributed by atoms with Crippen molar-refractivity contribution in [1.29, 1.82) is 0 Å². The lowest BCUT2D eigenvalue weighted by Gasteiger charge is -2.25. The average Bonchev–Trinajstić information content (AvgIpc) is 3.36. The number of hydrogen-bond donors (Lipinski definition) is 3. The van der Waals surface area contributed by atoms with Crippen LogP contribution in [-0.2, 0) is 11.2 Å². The molecule has 1 aromatic rings. The highest BCUT2D eigenvalue weighted by Gasteiger charge is 2.37. The van der Waals surface area contributed by atoms with E-state index in [-0.39, 0.29) is 12.5 Å². The fourth-order valence-electron chi connectivity index (χ4n) is 2.41. The lowest BCUT2D eigenvalue weighted by Crippen LogP contribution is -2.50. The molecule has 2 amide bonds. The number of urea groups is 1. The van der Waals surface area contributed by atoms with Gasteiger partial charge in [0.2, 0.25) is 0 Å². The van der Waals surface area contributed by atoms with Crippen molar-refractivity contribution in [2.75, 3.05) is 6.54 Å². The van der Waals surface area contributed by atoms with Crippen molar-refractivity contribution in [2.45, 2.75) is 44.2 Å². The van der Waals surface area contributed by atoms with Crippen LogP contribution in [0.4, 0.5) is 4.79 Å². The standard InChI is InChI=1S/C14H20N4O3/c19-13(20)12(5-10-6-15-8-16-10)17-14(21)18(11-3-4-11)7-9-1-2-9/h6,8-9,11-12H,1-5,7H2,(H,15,16)(H,17,21)(H,19,20)/t12-/m1/s1. The third-order valence-corrected chi connectivity index (χ3v) is 3.98. The number of rotatable bonds is 7. The smallest absolute Gasteiger partial charge is 0.326 e. The molecule has 2 aliphatic carbocycles. The van der Waals surface area contributed by atoms with Crippen LogP contribution < -0.4 is 5.32 Å². The molecule has 0 aromatic carbocycles. The number of imidazole rings is 1. The van der Waals surface area contributed by atoms with Crippen LogP contribution in [0.15, 0.2) is 12.5 Å². The van der Waals surface area contributed by atoms with E-state index in [2.05, 4.69) is 15.3 Å². The number of nitrogens with one attached hydrogen (secondary N) is 2. The quantitative estimate of drug-likeness (QED) is 0.698. The predicted octanol–water partition coefficient (Wildman–Crippen LogP) is 0.989.